The van der Waals surface area contributed by atoms with Crippen LogP contribution in [-0.2, 0) is 4.79 Å². The fourth-order valence-corrected chi connectivity index (χ4v) is 2.07. The van der Waals surface area contributed by atoms with Crippen LogP contribution in [0.15, 0.2) is 18.2 Å². The molecule has 1 unspecified atom stereocenters. The molecule has 1 aromatic rings. The summed E-state index contributed by atoms with van der Waals surface area (Å²) >= 11 is 0. The quantitative estimate of drug-likeness (QED) is 0.775. The van der Waals surface area contributed by atoms with Gasteiger partial charge >= 0.3 is 0 Å². The van der Waals surface area contributed by atoms with Crippen LogP contribution in [0.25, 0.3) is 0 Å². The normalized spacial score (nSPS) is 13.9. The van der Waals surface area contributed by atoms with Crippen molar-refractivity contribution in [1.29, 1.82) is 0 Å². The summed E-state index contributed by atoms with van der Waals surface area (Å²) in [5.41, 5.74) is 0.526. The number of carbonyl (C=O) groups excluding carboxylic acids is 2. The van der Waals surface area contributed by atoms with Gasteiger partial charge < -0.3 is 14.4 Å². The van der Waals surface area contributed by atoms with Crippen LogP contribution in [0.1, 0.15) is 37.0 Å². The van der Waals surface area contributed by atoms with Crippen LogP contribution in [0.5, 0.6) is 11.5 Å². The third kappa shape index (κ3) is 2.76. The number of carbonyl (C=O) groups is 2. The number of ketones is 1. The summed E-state index contributed by atoms with van der Waals surface area (Å²) in [4.78, 5) is 25.7. The molecular formula is C15H19NO4. The van der Waals surface area contributed by atoms with Crippen molar-refractivity contribution < 1.29 is 19.1 Å². The maximum Gasteiger partial charge on any atom is 0.231 e. The number of rotatable bonds is 5. The van der Waals surface area contributed by atoms with Gasteiger partial charge in [-0.15, -0.1) is 0 Å². The molecule has 5 nitrogen and oxygen atoms in total. The monoisotopic (exact) mass is 277 g/mol. The maximum atomic E-state index is 12.4. The predicted molar refractivity (Wildman–Crippen MR) is 74.0 cm³/mol. The second-order valence-corrected chi connectivity index (χ2v) is 4.86. The van der Waals surface area contributed by atoms with Crippen molar-refractivity contribution in [3.05, 3.63) is 23.8 Å². The van der Waals surface area contributed by atoms with Gasteiger partial charge in [-0.1, -0.05) is 6.92 Å². The van der Waals surface area contributed by atoms with Gasteiger partial charge in [-0.3, -0.25) is 9.59 Å². The molecule has 0 bridgehead atoms. The molecule has 5 heteroatoms. The standard InChI is InChI=1S/C15H19NO4/c1-4-5-14(17)16(3)10(2)15(18)11-6-7-12-13(8-11)20-9-19-12/h6-8,10H,4-5,9H2,1-3H3. The third-order valence-electron chi connectivity index (χ3n) is 3.47. The van der Waals surface area contributed by atoms with E-state index in [1.54, 1.807) is 32.2 Å². The van der Waals surface area contributed by atoms with Gasteiger partial charge in [-0.2, -0.15) is 0 Å². The number of Topliss-reactive ketones (excluding diaryl/α,β-unsaturated/α-hetero) is 1. The first kappa shape index (κ1) is 14.4. The molecule has 1 atom stereocenters. The molecule has 0 saturated heterocycles. The molecule has 1 heterocycles. The van der Waals surface area contributed by atoms with Crippen molar-refractivity contribution in [3.63, 3.8) is 0 Å². The molecule has 0 fully saturated rings. The van der Waals surface area contributed by atoms with Crippen molar-refractivity contribution in [2.24, 2.45) is 0 Å². The van der Waals surface area contributed by atoms with Crippen LogP contribution in [0.2, 0.25) is 0 Å². The summed E-state index contributed by atoms with van der Waals surface area (Å²) in [6.45, 7) is 3.86. The van der Waals surface area contributed by atoms with Gasteiger partial charge in [0.1, 0.15) is 0 Å². The van der Waals surface area contributed by atoms with Crippen LogP contribution in [0.4, 0.5) is 0 Å². The van der Waals surface area contributed by atoms with Crippen LogP contribution in [0, 0.1) is 0 Å². The lowest BCUT2D eigenvalue weighted by atomic mass is 10.0. The number of amides is 1. The predicted octanol–water partition coefficient (Wildman–Crippen LogP) is 2.25. The Labute approximate surface area is 118 Å². The van der Waals surface area contributed by atoms with Gasteiger partial charge in [0.2, 0.25) is 12.7 Å². The van der Waals surface area contributed by atoms with Crippen molar-refractivity contribution in [2.75, 3.05) is 13.8 Å². The fraction of sp³-hybridized carbons (Fsp3) is 0.467. The maximum absolute atomic E-state index is 12.4. The van der Waals surface area contributed by atoms with Crippen molar-refractivity contribution in [2.45, 2.75) is 32.7 Å². The molecule has 0 aromatic heterocycles. The largest absolute Gasteiger partial charge is 0.454 e. The summed E-state index contributed by atoms with van der Waals surface area (Å²) in [7, 11) is 1.66. The van der Waals surface area contributed by atoms with Crippen LogP contribution in [0.3, 0.4) is 0 Å². The molecule has 0 saturated carbocycles. The minimum Gasteiger partial charge on any atom is -0.454 e. The SMILES string of the molecule is CCCC(=O)N(C)C(C)C(=O)c1ccc2c(c1)OCO2. The zero-order chi connectivity index (χ0) is 14.7. The van der Waals surface area contributed by atoms with E-state index in [2.05, 4.69) is 0 Å². The molecule has 0 spiro atoms. The first-order chi connectivity index (χ1) is 9.54. The van der Waals surface area contributed by atoms with E-state index >= 15 is 0 Å². The average molecular weight is 277 g/mol. The van der Waals surface area contributed by atoms with Gasteiger partial charge in [-0.25, -0.2) is 0 Å². The van der Waals surface area contributed by atoms with Crippen LogP contribution >= 0.6 is 0 Å². The minimum absolute atomic E-state index is 0.0194. The number of fused-ring (bicyclic) bond motifs is 1. The summed E-state index contributed by atoms with van der Waals surface area (Å²) in [5, 5.41) is 0. The molecule has 0 radical (unpaired) electrons. The lowest BCUT2D eigenvalue weighted by molar-refractivity contribution is -0.131. The number of benzene rings is 1. The number of hydrogen-bond donors (Lipinski definition) is 0. The van der Waals surface area contributed by atoms with E-state index < -0.39 is 6.04 Å². The Morgan fingerprint density at radius 1 is 1.30 bits per heavy atom. The van der Waals surface area contributed by atoms with E-state index in [0.29, 0.717) is 23.5 Å². The number of likely N-dealkylation sites (N-methyl/N-ethyl adjacent to an activating group) is 1. The van der Waals surface area contributed by atoms with Crippen LogP contribution < -0.4 is 9.47 Å². The van der Waals surface area contributed by atoms with Gasteiger partial charge in [0.15, 0.2) is 17.3 Å². The lowest BCUT2D eigenvalue weighted by Gasteiger charge is -2.23. The summed E-state index contributed by atoms with van der Waals surface area (Å²) in [6, 6.07) is 4.59. The zero-order valence-corrected chi connectivity index (χ0v) is 12.0. The molecule has 1 amide bonds. The van der Waals surface area contributed by atoms with E-state index in [1.807, 2.05) is 6.92 Å². The summed E-state index contributed by atoms with van der Waals surface area (Å²) in [5.74, 6) is 1.10. The number of hydrogen-bond acceptors (Lipinski definition) is 4. The molecule has 20 heavy (non-hydrogen) atoms. The highest BCUT2D eigenvalue weighted by Crippen LogP contribution is 2.32. The number of nitrogens with zero attached hydrogens (tertiary/aromatic N) is 1. The minimum atomic E-state index is -0.491. The smallest absolute Gasteiger partial charge is 0.231 e. The van der Waals surface area contributed by atoms with E-state index in [1.165, 1.54) is 4.90 Å². The molecule has 0 N–H and O–H groups in total. The van der Waals surface area contributed by atoms with Crippen LogP contribution in [-0.4, -0.2) is 36.5 Å². The topological polar surface area (TPSA) is 55.8 Å². The molecule has 0 aliphatic carbocycles. The van der Waals surface area contributed by atoms with Gasteiger partial charge in [-0.05, 0) is 31.5 Å². The molecule has 1 aliphatic heterocycles. The van der Waals surface area contributed by atoms with Crippen molar-refractivity contribution in [1.82, 2.24) is 4.90 Å². The Hall–Kier alpha value is -2.04. The molecule has 1 aromatic carbocycles. The molecule has 2 rings (SSSR count). The number of ether oxygens (including phenoxy) is 2. The Morgan fingerprint density at radius 2 is 2.00 bits per heavy atom. The molecular weight excluding hydrogens is 258 g/mol. The van der Waals surface area contributed by atoms with E-state index in [0.717, 1.165) is 6.42 Å². The first-order valence-corrected chi connectivity index (χ1v) is 6.74. The van der Waals surface area contributed by atoms with Crippen molar-refractivity contribution >= 4 is 11.7 Å². The highest BCUT2D eigenvalue weighted by atomic mass is 16.7. The average Bonchev–Trinajstić information content (AvgIpc) is 2.92. The Morgan fingerprint density at radius 3 is 2.70 bits per heavy atom. The first-order valence-electron chi connectivity index (χ1n) is 6.74. The molecule has 1 aliphatic rings. The summed E-state index contributed by atoms with van der Waals surface area (Å²) in [6.07, 6.45) is 1.23. The van der Waals surface area contributed by atoms with Gasteiger partial charge in [0.05, 0.1) is 6.04 Å². The molecule has 108 valence electrons. The highest BCUT2D eigenvalue weighted by molar-refractivity contribution is 6.02. The lowest BCUT2D eigenvalue weighted by Crippen LogP contribution is -2.40. The van der Waals surface area contributed by atoms with E-state index in [4.69, 9.17) is 9.47 Å². The highest BCUT2D eigenvalue weighted by Gasteiger charge is 2.24. The Balaban J connectivity index is 2.12. The fourth-order valence-electron chi connectivity index (χ4n) is 2.07. The van der Waals surface area contributed by atoms with Gasteiger partial charge in [0, 0.05) is 19.0 Å². The van der Waals surface area contributed by atoms with E-state index in [9.17, 15) is 9.59 Å². The Kier molecular flexibility index (Phi) is 4.27. The zero-order valence-electron chi connectivity index (χ0n) is 12.0. The third-order valence-corrected chi connectivity index (χ3v) is 3.47. The summed E-state index contributed by atoms with van der Waals surface area (Å²) < 4.78 is 10.5. The van der Waals surface area contributed by atoms with E-state index in [-0.39, 0.29) is 18.5 Å². The second kappa shape index (κ2) is 5.94. The Bertz CT molecular complexity index is 527. The van der Waals surface area contributed by atoms with Gasteiger partial charge in [0.25, 0.3) is 0 Å². The van der Waals surface area contributed by atoms with Crippen molar-refractivity contribution in [3.8, 4) is 11.5 Å². The second-order valence-electron chi connectivity index (χ2n) is 4.86.